The van der Waals surface area contributed by atoms with Crippen molar-refractivity contribution in [3.05, 3.63) is 70.7 Å². The number of thiazole rings is 1. The van der Waals surface area contributed by atoms with Gasteiger partial charge in [0.15, 0.2) is 5.82 Å². The number of benzene rings is 2. The van der Waals surface area contributed by atoms with E-state index in [1.807, 2.05) is 48.5 Å². The van der Waals surface area contributed by atoms with Crippen LogP contribution in [0.5, 0.6) is 5.75 Å². The molecule has 3 N–H and O–H groups in total. The van der Waals surface area contributed by atoms with Crippen molar-refractivity contribution in [2.24, 2.45) is 0 Å². The molecular weight excluding hydrogens is 432 g/mol. The highest BCUT2D eigenvalue weighted by Gasteiger charge is 2.16. The van der Waals surface area contributed by atoms with Gasteiger partial charge < -0.3 is 15.7 Å². The van der Waals surface area contributed by atoms with Crippen LogP contribution in [0.25, 0.3) is 15.8 Å². The van der Waals surface area contributed by atoms with Crippen LogP contribution in [0.3, 0.4) is 0 Å². The molecule has 2 aromatic heterocycles. The fourth-order valence-electron chi connectivity index (χ4n) is 2.87. The van der Waals surface area contributed by atoms with Crippen molar-refractivity contribution < 1.29 is 9.84 Å². The van der Waals surface area contributed by atoms with Gasteiger partial charge in [-0.25, -0.2) is 9.66 Å². The van der Waals surface area contributed by atoms with Gasteiger partial charge in [-0.15, -0.1) is 21.5 Å². The summed E-state index contributed by atoms with van der Waals surface area (Å²) in [6.07, 6.45) is 0.505. The predicted molar refractivity (Wildman–Crippen MR) is 121 cm³/mol. The maximum Gasteiger partial charge on any atom is 0.210 e. The van der Waals surface area contributed by atoms with Crippen LogP contribution in [0.15, 0.2) is 59.4 Å². The zero-order chi connectivity index (χ0) is 21.8. The first-order valence-corrected chi connectivity index (χ1v) is 11.0. The average Bonchev–Trinajstić information content (AvgIpc) is 3.37. The number of allylic oxidation sites excluding steroid dienone is 1. The van der Waals surface area contributed by atoms with Gasteiger partial charge in [0.05, 0.1) is 23.1 Å². The number of aliphatic hydroxyl groups is 1. The third-order valence-electron chi connectivity index (χ3n) is 4.50. The van der Waals surface area contributed by atoms with Crippen LogP contribution < -0.4 is 10.6 Å². The number of nitrogens with two attached hydrogens (primary N) is 1. The van der Waals surface area contributed by atoms with Crippen LogP contribution in [-0.2, 0) is 6.42 Å². The fourth-order valence-corrected chi connectivity index (χ4v) is 4.61. The molecule has 0 saturated carbocycles. The van der Waals surface area contributed by atoms with Crippen LogP contribution >= 0.6 is 23.1 Å². The molecule has 0 bridgehead atoms. The molecule has 0 unspecified atom stereocenters. The Bertz CT molecular complexity index is 1250. The molecule has 0 radical (unpaired) electrons. The molecular formula is C21H18N6O2S2. The number of para-hydroxylation sites is 1. The van der Waals surface area contributed by atoms with Gasteiger partial charge in [0.2, 0.25) is 5.16 Å². The molecule has 8 nitrogen and oxygen atoms in total. The van der Waals surface area contributed by atoms with Gasteiger partial charge in [-0.1, -0.05) is 36.0 Å². The number of methoxy groups -OCH3 is 1. The molecule has 0 spiro atoms. The predicted octanol–water partition coefficient (Wildman–Crippen LogP) is 3.79. The van der Waals surface area contributed by atoms with E-state index < -0.39 is 0 Å². The number of rotatable bonds is 7. The molecule has 2 aromatic carbocycles. The number of nitrogen functional groups attached to an aromatic ring is 1. The number of nitrogens with zero attached hydrogens (tertiary/aromatic N) is 5. The quantitative estimate of drug-likeness (QED) is 0.189. The second-order valence-corrected chi connectivity index (χ2v) is 8.48. The smallest absolute Gasteiger partial charge is 0.210 e. The van der Waals surface area contributed by atoms with E-state index in [0.717, 1.165) is 21.5 Å². The number of aromatic nitrogens is 4. The molecule has 10 heteroatoms. The molecule has 0 atom stereocenters. The second-order valence-electron chi connectivity index (χ2n) is 6.50. The topological polar surface area (TPSA) is 123 Å². The van der Waals surface area contributed by atoms with E-state index in [0.29, 0.717) is 22.4 Å². The summed E-state index contributed by atoms with van der Waals surface area (Å²) >= 11 is 2.56. The Morgan fingerprint density at radius 1 is 1.23 bits per heavy atom. The number of hydrogen-bond acceptors (Lipinski definition) is 9. The molecule has 2 heterocycles. The first kappa shape index (κ1) is 20.7. The Kier molecular flexibility index (Phi) is 6.06. The number of ether oxygens (including phenoxy) is 1. The summed E-state index contributed by atoms with van der Waals surface area (Å²) in [7, 11) is 1.62. The average molecular weight is 451 g/mol. The lowest BCUT2D eigenvalue weighted by molar-refractivity contribution is 0.414. The zero-order valence-electron chi connectivity index (χ0n) is 16.5. The number of aliphatic hydroxyl groups excluding tert-OH is 1. The van der Waals surface area contributed by atoms with Crippen molar-refractivity contribution in [1.82, 2.24) is 19.9 Å². The van der Waals surface area contributed by atoms with Crippen LogP contribution in [0.1, 0.15) is 16.4 Å². The molecule has 4 aromatic rings. The highest BCUT2D eigenvalue weighted by Crippen LogP contribution is 2.29. The van der Waals surface area contributed by atoms with Crippen molar-refractivity contribution in [3.63, 3.8) is 0 Å². The largest absolute Gasteiger partial charge is 0.510 e. The third kappa shape index (κ3) is 4.47. The minimum absolute atomic E-state index is 0.0775. The summed E-state index contributed by atoms with van der Waals surface area (Å²) in [5, 5.41) is 29.3. The van der Waals surface area contributed by atoms with E-state index in [1.165, 1.54) is 27.8 Å². The third-order valence-corrected chi connectivity index (χ3v) is 6.51. The van der Waals surface area contributed by atoms with E-state index >= 15 is 0 Å². The van der Waals surface area contributed by atoms with Crippen molar-refractivity contribution in [1.29, 1.82) is 5.26 Å². The van der Waals surface area contributed by atoms with Crippen LogP contribution in [0.2, 0.25) is 0 Å². The van der Waals surface area contributed by atoms with E-state index in [4.69, 9.17) is 10.6 Å². The Labute approximate surface area is 186 Å². The van der Waals surface area contributed by atoms with Crippen molar-refractivity contribution in [2.45, 2.75) is 11.6 Å². The Morgan fingerprint density at radius 3 is 2.71 bits per heavy atom. The van der Waals surface area contributed by atoms with E-state index in [-0.39, 0.29) is 17.1 Å². The molecule has 156 valence electrons. The van der Waals surface area contributed by atoms with Crippen molar-refractivity contribution in [3.8, 4) is 11.8 Å². The van der Waals surface area contributed by atoms with Crippen LogP contribution in [0, 0.1) is 11.3 Å². The van der Waals surface area contributed by atoms with Gasteiger partial charge in [-0.3, -0.25) is 0 Å². The fraction of sp³-hybridized carbons (Fsp3) is 0.143. The van der Waals surface area contributed by atoms with Gasteiger partial charge in [0.25, 0.3) is 0 Å². The van der Waals surface area contributed by atoms with Crippen LogP contribution in [-0.4, -0.2) is 37.8 Å². The summed E-state index contributed by atoms with van der Waals surface area (Å²) in [6, 6.07) is 17.3. The monoisotopic (exact) mass is 450 g/mol. The molecule has 0 saturated heterocycles. The second kappa shape index (κ2) is 9.07. The van der Waals surface area contributed by atoms with E-state index in [1.54, 1.807) is 7.11 Å². The number of hydrogen-bond donors (Lipinski definition) is 2. The summed E-state index contributed by atoms with van der Waals surface area (Å²) < 4.78 is 7.51. The molecule has 0 fully saturated rings. The molecule has 0 aliphatic heterocycles. The minimum atomic E-state index is -0.0775. The summed E-state index contributed by atoms with van der Waals surface area (Å²) in [4.78, 5) is 4.44. The first-order chi connectivity index (χ1) is 15.1. The maximum atomic E-state index is 10.5. The Morgan fingerprint density at radius 2 is 2.00 bits per heavy atom. The van der Waals surface area contributed by atoms with E-state index in [9.17, 15) is 10.4 Å². The summed E-state index contributed by atoms with van der Waals surface area (Å²) in [6.45, 7) is 0. The highest BCUT2D eigenvalue weighted by atomic mass is 32.2. The molecule has 0 aliphatic carbocycles. The highest BCUT2D eigenvalue weighted by molar-refractivity contribution is 7.99. The Balaban J connectivity index is 1.48. The maximum absolute atomic E-state index is 10.5. The lowest BCUT2D eigenvalue weighted by Gasteiger charge is -2.05. The standard InChI is InChI=1S/C21H18N6O2S2/c1-29-14-8-6-13(7-9-14)10-19-25-26-21(27(19)23)30-12-17(28)15(11-22)20-24-16-4-2-3-5-18(16)31-20/h2-9,28H,10,12,23H2,1H3. The van der Waals surface area contributed by atoms with Gasteiger partial charge in [0, 0.05) is 6.42 Å². The van der Waals surface area contributed by atoms with Gasteiger partial charge in [-0.05, 0) is 29.8 Å². The SMILES string of the molecule is COc1ccc(Cc2nnc(SCC(O)=C(C#N)c3nc4ccccc4s3)n2N)cc1. The van der Waals surface area contributed by atoms with Gasteiger partial charge in [-0.2, -0.15) is 5.26 Å². The molecule has 4 rings (SSSR count). The van der Waals surface area contributed by atoms with Gasteiger partial charge in [0.1, 0.15) is 28.2 Å². The molecule has 0 amide bonds. The molecule has 31 heavy (non-hydrogen) atoms. The van der Waals surface area contributed by atoms with Crippen LogP contribution in [0.4, 0.5) is 0 Å². The lowest BCUT2D eigenvalue weighted by Crippen LogP contribution is -2.14. The number of nitriles is 1. The zero-order valence-corrected chi connectivity index (χ0v) is 18.2. The number of thioether (sulfide) groups is 1. The van der Waals surface area contributed by atoms with Crippen molar-refractivity contribution in [2.75, 3.05) is 18.7 Å². The number of fused-ring (bicyclic) bond motifs is 1. The van der Waals surface area contributed by atoms with Crippen molar-refractivity contribution >= 4 is 38.9 Å². The lowest BCUT2D eigenvalue weighted by atomic mass is 10.1. The first-order valence-electron chi connectivity index (χ1n) is 9.22. The normalized spacial score (nSPS) is 11.9. The molecule has 0 aliphatic rings. The summed E-state index contributed by atoms with van der Waals surface area (Å²) in [5.74, 6) is 7.54. The summed E-state index contributed by atoms with van der Waals surface area (Å²) in [5.41, 5.74) is 1.96. The Hall–Kier alpha value is -3.55. The van der Waals surface area contributed by atoms with E-state index in [2.05, 4.69) is 21.3 Å². The minimum Gasteiger partial charge on any atom is -0.510 e. The van der Waals surface area contributed by atoms with Gasteiger partial charge >= 0.3 is 0 Å².